The molecule has 1 aromatic heterocycles. The number of aliphatic carboxylic acids is 1. The predicted octanol–water partition coefficient (Wildman–Crippen LogP) is 0.954. The number of carboxylic acids is 1. The topological polar surface area (TPSA) is 188 Å². The molecule has 0 radical (unpaired) electrons. The zero-order valence-corrected chi connectivity index (χ0v) is 26.1. The Balaban J connectivity index is 1.48. The second kappa shape index (κ2) is 16.5. The van der Waals surface area contributed by atoms with Gasteiger partial charge in [-0.3, -0.25) is 24.0 Å². The standard InChI is InChI=1S/C31H39FN6O9/c1-2-46-31(45)37-16-14-36(15-17-37)30(44)22(9-10-27(40)41)35-28(42)23-18-25(20-6-3-4-7-21(20)34-23)47-19-26(39)38-13-5-8-24(38)29(43)33-12-11-32/h3-4,6-7,18,22,24H,2,5,8-17,19H2,1H3,(H,33,43)(H,35,42)(H,40,41). The summed E-state index contributed by atoms with van der Waals surface area (Å²) in [4.78, 5) is 84.6. The van der Waals surface area contributed by atoms with E-state index in [2.05, 4.69) is 15.6 Å². The Morgan fingerprint density at radius 2 is 1.79 bits per heavy atom. The van der Waals surface area contributed by atoms with E-state index in [0.29, 0.717) is 30.3 Å². The second-order valence-corrected chi connectivity index (χ2v) is 11.0. The molecule has 3 N–H and O–H groups in total. The lowest BCUT2D eigenvalue weighted by Crippen LogP contribution is -2.56. The highest BCUT2D eigenvalue weighted by atomic mass is 19.1. The third kappa shape index (κ3) is 9.04. The zero-order valence-electron chi connectivity index (χ0n) is 26.1. The van der Waals surface area contributed by atoms with E-state index in [4.69, 9.17) is 9.47 Å². The van der Waals surface area contributed by atoms with Crippen molar-refractivity contribution in [3.63, 3.8) is 0 Å². The van der Waals surface area contributed by atoms with Crippen molar-refractivity contribution in [3.05, 3.63) is 36.0 Å². The van der Waals surface area contributed by atoms with Crippen LogP contribution in [0.4, 0.5) is 9.18 Å². The number of nitrogens with one attached hydrogen (secondary N) is 2. The maximum absolute atomic E-state index is 13.5. The van der Waals surface area contributed by atoms with Gasteiger partial charge in [0.1, 0.15) is 30.2 Å². The van der Waals surface area contributed by atoms with Gasteiger partial charge in [-0.25, -0.2) is 14.2 Å². The largest absolute Gasteiger partial charge is 0.483 e. The summed E-state index contributed by atoms with van der Waals surface area (Å²) in [6, 6.07) is 6.17. The lowest BCUT2D eigenvalue weighted by Gasteiger charge is -2.35. The molecule has 2 saturated heterocycles. The highest BCUT2D eigenvalue weighted by Gasteiger charge is 2.34. The van der Waals surface area contributed by atoms with Crippen molar-refractivity contribution in [2.75, 3.05) is 59.2 Å². The van der Waals surface area contributed by atoms with Gasteiger partial charge in [-0.15, -0.1) is 0 Å². The maximum atomic E-state index is 13.5. The smallest absolute Gasteiger partial charge is 0.409 e. The van der Waals surface area contributed by atoms with Crippen LogP contribution in [0.1, 0.15) is 43.1 Å². The molecule has 2 aromatic rings. The van der Waals surface area contributed by atoms with Gasteiger partial charge < -0.3 is 39.9 Å². The number of nitrogens with zero attached hydrogens (tertiary/aromatic N) is 4. The van der Waals surface area contributed by atoms with Gasteiger partial charge in [-0.1, -0.05) is 12.1 Å². The van der Waals surface area contributed by atoms with Crippen molar-refractivity contribution < 1.29 is 47.7 Å². The number of fused-ring (bicyclic) bond motifs is 1. The molecule has 0 spiro atoms. The Hall–Kier alpha value is -5.02. The van der Waals surface area contributed by atoms with Crippen LogP contribution in [-0.2, 0) is 23.9 Å². The number of likely N-dealkylation sites (tertiary alicyclic amines) is 1. The number of ether oxygens (including phenoxy) is 2. The average Bonchev–Trinajstić information content (AvgIpc) is 3.58. The monoisotopic (exact) mass is 658 g/mol. The molecule has 5 amide bonds. The quantitative estimate of drug-likeness (QED) is 0.280. The number of amides is 5. The maximum Gasteiger partial charge on any atom is 0.409 e. The zero-order chi connectivity index (χ0) is 33.9. The second-order valence-electron chi connectivity index (χ2n) is 11.0. The van der Waals surface area contributed by atoms with Gasteiger partial charge in [0.25, 0.3) is 11.8 Å². The van der Waals surface area contributed by atoms with Crippen molar-refractivity contribution >= 4 is 46.6 Å². The fourth-order valence-electron chi connectivity index (χ4n) is 5.53. The summed E-state index contributed by atoms with van der Waals surface area (Å²) in [7, 11) is 0. The number of hydrogen-bond acceptors (Lipinski definition) is 9. The summed E-state index contributed by atoms with van der Waals surface area (Å²) in [6.45, 7) is 1.72. The van der Waals surface area contributed by atoms with Gasteiger partial charge >= 0.3 is 12.1 Å². The molecule has 2 aliphatic rings. The Kier molecular flexibility index (Phi) is 12.2. The van der Waals surface area contributed by atoms with Gasteiger partial charge in [0, 0.05) is 57.1 Å². The van der Waals surface area contributed by atoms with Crippen molar-refractivity contribution in [2.45, 2.75) is 44.7 Å². The lowest BCUT2D eigenvalue weighted by molar-refractivity contribution is -0.140. The number of hydrogen-bond donors (Lipinski definition) is 3. The number of benzene rings is 1. The van der Waals surface area contributed by atoms with E-state index in [1.54, 1.807) is 31.2 Å². The van der Waals surface area contributed by atoms with Crippen molar-refractivity contribution in [2.24, 2.45) is 0 Å². The Morgan fingerprint density at radius 3 is 2.49 bits per heavy atom. The normalized spacial score (nSPS) is 16.8. The van der Waals surface area contributed by atoms with Crippen molar-refractivity contribution in [3.8, 4) is 5.75 Å². The summed E-state index contributed by atoms with van der Waals surface area (Å²) in [5, 5.41) is 14.9. The first-order chi connectivity index (χ1) is 22.6. The molecule has 3 heterocycles. The molecule has 2 aliphatic heterocycles. The first kappa shape index (κ1) is 34.8. The third-order valence-electron chi connectivity index (χ3n) is 7.90. The summed E-state index contributed by atoms with van der Waals surface area (Å²) < 4.78 is 23.4. The van der Waals surface area contributed by atoms with Gasteiger partial charge in [0.2, 0.25) is 11.8 Å². The van der Waals surface area contributed by atoms with Crippen LogP contribution in [0.5, 0.6) is 5.75 Å². The number of carbonyl (C=O) groups is 6. The molecular weight excluding hydrogens is 619 g/mol. The molecule has 47 heavy (non-hydrogen) atoms. The summed E-state index contributed by atoms with van der Waals surface area (Å²) in [5.41, 5.74) is 0.242. The minimum absolute atomic E-state index is 0.129. The highest BCUT2D eigenvalue weighted by molar-refractivity contribution is 5.99. The minimum atomic E-state index is -1.19. The number of rotatable bonds is 13. The van der Waals surface area contributed by atoms with E-state index in [0.717, 1.165) is 0 Å². The number of carbonyl (C=O) groups excluding carboxylic acids is 5. The number of piperazine rings is 1. The van der Waals surface area contributed by atoms with Crippen LogP contribution in [0.3, 0.4) is 0 Å². The predicted molar refractivity (Wildman–Crippen MR) is 164 cm³/mol. The fraction of sp³-hybridized carbons (Fsp3) is 0.516. The van der Waals surface area contributed by atoms with Gasteiger partial charge in [-0.05, 0) is 38.3 Å². The average molecular weight is 659 g/mol. The van der Waals surface area contributed by atoms with Gasteiger partial charge in [-0.2, -0.15) is 0 Å². The number of halogens is 1. The van der Waals surface area contributed by atoms with E-state index in [1.807, 2.05) is 0 Å². The Bertz CT molecular complexity index is 1480. The van der Waals surface area contributed by atoms with Crippen LogP contribution in [0.2, 0.25) is 0 Å². The molecule has 16 heteroatoms. The molecule has 4 rings (SSSR count). The van der Waals surface area contributed by atoms with E-state index < -0.39 is 61.1 Å². The van der Waals surface area contributed by atoms with Crippen LogP contribution in [0.15, 0.2) is 30.3 Å². The molecule has 2 atom stereocenters. The summed E-state index contributed by atoms with van der Waals surface area (Å²) >= 11 is 0. The molecule has 2 fully saturated rings. The van der Waals surface area contributed by atoms with Crippen LogP contribution in [0, 0.1) is 0 Å². The molecular formula is C31H39FN6O9. The Morgan fingerprint density at radius 1 is 1.06 bits per heavy atom. The molecule has 0 saturated carbocycles. The first-order valence-electron chi connectivity index (χ1n) is 15.5. The van der Waals surface area contributed by atoms with E-state index in [1.165, 1.54) is 20.8 Å². The van der Waals surface area contributed by atoms with Crippen LogP contribution >= 0.6 is 0 Å². The van der Waals surface area contributed by atoms with E-state index in [9.17, 15) is 38.3 Å². The van der Waals surface area contributed by atoms with Crippen LogP contribution in [0.25, 0.3) is 10.9 Å². The number of alkyl halides is 1. The Labute approximate surface area is 270 Å². The number of carboxylic acid groups (broad SMARTS) is 1. The highest BCUT2D eigenvalue weighted by Crippen LogP contribution is 2.26. The summed E-state index contributed by atoms with van der Waals surface area (Å²) in [5.74, 6) is -3.14. The lowest BCUT2D eigenvalue weighted by atomic mass is 10.1. The number of aromatic nitrogens is 1. The fourth-order valence-corrected chi connectivity index (χ4v) is 5.53. The van der Waals surface area contributed by atoms with Crippen LogP contribution in [-0.4, -0.2) is 132 Å². The molecule has 0 aliphatic carbocycles. The first-order valence-corrected chi connectivity index (χ1v) is 15.5. The molecule has 1 aromatic carbocycles. The van der Waals surface area contributed by atoms with E-state index >= 15 is 0 Å². The SMILES string of the molecule is CCOC(=O)N1CCN(C(=O)C(CCC(=O)O)NC(=O)c2cc(OCC(=O)N3CCCC3C(=O)NCCF)c3ccccc3n2)CC1. The third-order valence-corrected chi connectivity index (χ3v) is 7.90. The molecule has 2 unspecified atom stereocenters. The molecule has 15 nitrogen and oxygen atoms in total. The molecule has 0 bridgehead atoms. The van der Waals surface area contributed by atoms with Crippen LogP contribution < -0.4 is 15.4 Å². The van der Waals surface area contributed by atoms with Gasteiger partial charge in [0.15, 0.2) is 6.61 Å². The molecule has 254 valence electrons. The van der Waals surface area contributed by atoms with Crippen molar-refractivity contribution in [1.82, 2.24) is 30.3 Å². The van der Waals surface area contributed by atoms with Crippen molar-refractivity contribution in [1.29, 1.82) is 0 Å². The minimum Gasteiger partial charge on any atom is -0.483 e. The van der Waals surface area contributed by atoms with E-state index in [-0.39, 0.29) is 63.6 Å². The summed E-state index contributed by atoms with van der Waals surface area (Å²) in [6.07, 6.45) is -0.0132. The van der Waals surface area contributed by atoms with Gasteiger partial charge in [0.05, 0.1) is 12.1 Å². The number of para-hydroxylation sites is 1. The number of pyridine rings is 1.